The molecule has 2 saturated heterocycles. The molecule has 2 bridgehead atoms. The topological polar surface area (TPSA) is 15.3 Å². The minimum atomic E-state index is -0.557. The first-order valence-electron chi connectivity index (χ1n) is 6.67. The quantitative estimate of drug-likeness (QED) is 0.888. The van der Waals surface area contributed by atoms with Crippen LogP contribution in [0.4, 0.5) is 14.5 Å². The predicted molar refractivity (Wildman–Crippen MR) is 75.3 cm³/mol. The summed E-state index contributed by atoms with van der Waals surface area (Å²) < 4.78 is 27.3. The van der Waals surface area contributed by atoms with Crippen molar-refractivity contribution in [2.75, 3.05) is 12.4 Å². The third kappa shape index (κ3) is 2.50. The SMILES string of the molecule is CN1C2CCC1CC(Nc1c(F)cc(F)cc1Br)C2. The van der Waals surface area contributed by atoms with Gasteiger partial charge in [-0.05, 0) is 54.7 Å². The van der Waals surface area contributed by atoms with E-state index >= 15 is 0 Å². The van der Waals surface area contributed by atoms with Crippen LogP contribution in [-0.2, 0) is 0 Å². The Hall–Kier alpha value is -0.680. The van der Waals surface area contributed by atoms with Gasteiger partial charge in [0.2, 0.25) is 0 Å². The van der Waals surface area contributed by atoms with E-state index in [2.05, 4.69) is 33.2 Å². The number of hydrogen-bond donors (Lipinski definition) is 1. The maximum absolute atomic E-state index is 13.8. The van der Waals surface area contributed by atoms with Crippen molar-refractivity contribution in [2.24, 2.45) is 0 Å². The second-order valence-electron chi connectivity index (χ2n) is 5.61. The van der Waals surface area contributed by atoms with E-state index in [0.717, 1.165) is 18.9 Å². The van der Waals surface area contributed by atoms with Gasteiger partial charge in [0, 0.05) is 28.7 Å². The highest BCUT2D eigenvalue weighted by molar-refractivity contribution is 9.10. The van der Waals surface area contributed by atoms with Gasteiger partial charge >= 0.3 is 0 Å². The zero-order valence-electron chi connectivity index (χ0n) is 10.8. The van der Waals surface area contributed by atoms with E-state index in [-0.39, 0.29) is 6.04 Å². The molecule has 19 heavy (non-hydrogen) atoms. The van der Waals surface area contributed by atoms with E-state index in [0.29, 0.717) is 22.2 Å². The van der Waals surface area contributed by atoms with Gasteiger partial charge in [0.15, 0.2) is 0 Å². The number of anilines is 1. The summed E-state index contributed by atoms with van der Waals surface area (Å²) in [6.07, 6.45) is 4.51. The normalized spacial score (nSPS) is 30.6. The number of rotatable bonds is 2. The Morgan fingerprint density at radius 2 is 1.84 bits per heavy atom. The molecule has 0 aromatic heterocycles. The Morgan fingerprint density at radius 3 is 2.42 bits per heavy atom. The van der Waals surface area contributed by atoms with Gasteiger partial charge in [-0.2, -0.15) is 0 Å². The third-order valence-electron chi connectivity index (χ3n) is 4.45. The molecule has 3 rings (SSSR count). The molecule has 2 nitrogen and oxygen atoms in total. The highest BCUT2D eigenvalue weighted by atomic mass is 79.9. The number of benzene rings is 1. The number of nitrogens with one attached hydrogen (secondary N) is 1. The van der Waals surface area contributed by atoms with E-state index in [1.54, 1.807) is 0 Å². The highest BCUT2D eigenvalue weighted by Crippen LogP contribution is 2.37. The van der Waals surface area contributed by atoms with Gasteiger partial charge in [0.05, 0.1) is 5.69 Å². The number of hydrogen-bond acceptors (Lipinski definition) is 2. The fourth-order valence-corrected chi connectivity index (χ4v) is 3.94. The zero-order valence-corrected chi connectivity index (χ0v) is 12.4. The van der Waals surface area contributed by atoms with Crippen LogP contribution < -0.4 is 5.32 Å². The lowest BCUT2D eigenvalue weighted by atomic mass is 9.97. The van der Waals surface area contributed by atoms with Crippen molar-refractivity contribution in [1.82, 2.24) is 4.90 Å². The van der Waals surface area contributed by atoms with Crippen molar-refractivity contribution in [3.63, 3.8) is 0 Å². The molecule has 0 aliphatic carbocycles. The molecule has 2 aliphatic rings. The van der Waals surface area contributed by atoms with Gasteiger partial charge in [-0.15, -0.1) is 0 Å². The lowest BCUT2D eigenvalue weighted by Crippen LogP contribution is -2.44. The van der Waals surface area contributed by atoms with Gasteiger partial charge < -0.3 is 10.2 Å². The molecule has 2 atom stereocenters. The molecule has 0 radical (unpaired) electrons. The molecule has 104 valence electrons. The van der Waals surface area contributed by atoms with Gasteiger partial charge in [-0.25, -0.2) is 8.78 Å². The van der Waals surface area contributed by atoms with E-state index < -0.39 is 11.6 Å². The summed E-state index contributed by atoms with van der Waals surface area (Å²) in [6.45, 7) is 0. The minimum Gasteiger partial charge on any atom is -0.379 e. The molecule has 2 unspecified atom stereocenters. The Labute approximate surface area is 120 Å². The molecule has 2 heterocycles. The van der Waals surface area contributed by atoms with E-state index in [9.17, 15) is 8.78 Å². The van der Waals surface area contributed by atoms with E-state index in [4.69, 9.17) is 0 Å². The van der Waals surface area contributed by atoms with Crippen LogP contribution in [0.1, 0.15) is 25.7 Å². The first-order chi connectivity index (χ1) is 9.04. The van der Waals surface area contributed by atoms with Gasteiger partial charge in [-0.3, -0.25) is 0 Å². The van der Waals surface area contributed by atoms with Crippen LogP contribution in [0.15, 0.2) is 16.6 Å². The second kappa shape index (κ2) is 5.02. The first-order valence-corrected chi connectivity index (χ1v) is 7.47. The van der Waals surface area contributed by atoms with Crippen molar-refractivity contribution in [3.05, 3.63) is 28.2 Å². The number of piperidine rings is 1. The van der Waals surface area contributed by atoms with Crippen LogP contribution in [0.2, 0.25) is 0 Å². The van der Waals surface area contributed by atoms with Crippen molar-refractivity contribution in [2.45, 2.75) is 43.8 Å². The Bertz CT molecular complexity index is 457. The summed E-state index contributed by atoms with van der Waals surface area (Å²) in [5.41, 5.74) is 0.385. The monoisotopic (exact) mass is 330 g/mol. The maximum Gasteiger partial charge on any atom is 0.150 e. The Kier molecular flexibility index (Phi) is 3.52. The molecule has 0 saturated carbocycles. The van der Waals surface area contributed by atoms with E-state index in [1.807, 2.05) is 0 Å². The smallest absolute Gasteiger partial charge is 0.150 e. The molecule has 1 N–H and O–H groups in total. The summed E-state index contributed by atoms with van der Waals surface area (Å²) in [7, 11) is 2.17. The molecular formula is C14H17BrF2N2. The van der Waals surface area contributed by atoms with Crippen LogP contribution in [0.5, 0.6) is 0 Å². The molecule has 2 aliphatic heterocycles. The lowest BCUT2D eigenvalue weighted by Gasteiger charge is -2.37. The summed E-state index contributed by atoms with van der Waals surface area (Å²) in [5, 5.41) is 3.25. The lowest BCUT2D eigenvalue weighted by molar-refractivity contribution is 0.168. The van der Waals surface area contributed by atoms with Crippen LogP contribution in [0.25, 0.3) is 0 Å². The molecule has 1 aromatic carbocycles. The zero-order chi connectivity index (χ0) is 13.6. The number of fused-ring (bicyclic) bond motifs is 2. The van der Waals surface area contributed by atoms with Crippen LogP contribution in [0, 0.1) is 11.6 Å². The molecule has 1 aromatic rings. The van der Waals surface area contributed by atoms with Crippen LogP contribution >= 0.6 is 15.9 Å². The summed E-state index contributed by atoms with van der Waals surface area (Å²) >= 11 is 3.23. The molecule has 5 heteroatoms. The molecule has 0 spiro atoms. The van der Waals surface area contributed by atoms with E-state index in [1.165, 1.54) is 18.9 Å². The third-order valence-corrected chi connectivity index (χ3v) is 5.08. The van der Waals surface area contributed by atoms with Crippen molar-refractivity contribution in [1.29, 1.82) is 0 Å². The maximum atomic E-state index is 13.8. The molecule has 0 amide bonds. The number of halogens is 3. The van der Waals surface area contributed by atoms with Gasteiger partial charge in [0.1, 0.15) is 11.6 Å². The summed E-state index contributed by atoms with van der Waals surface area (Å²) in [4.78, 5) is 2.44. The van der Waals surface area contributed by atoms with Crippen molar-refractivity contribution >= 4 is 21.6 Å². The summed E-state index contributed by atoms with van der Waals surface area (Å²) in [5.74, 6) is -1.09. The molecule has 2 fully saturated rings. The summed E-state index contributed by atoms with van der Waals surface area (Å²) in [6, 6.07) is 3.69. The van der Waals surface area contributed by atoms with Crippen LogP contribution in [-0.4, -0.2) is 30.1 Å². The van der Waals surface area contributed by atoms with Crippen LogP contribution in [0.3, 0.4) is 0 Å². The average Bonchev–Trinajstić information content (AvgIpc) is 2.58. The molecular weight excluding hydrogens is 314 g/mol. The van der Waals surface area contributed by atoms with Crippen molar-refractivity contribution < 1.29 is 8.78 Å². The standard InChI is InChI=1S/C14H17BrF2N2/c1-19-10-2-3-11(19)7-9(6-10)18-14-12(15)4-8(16)5-13(14)17/h4-5,9-11,18H,2-3,6-7H2,1H3. The second-order valence-corrected chi connectivity index (χ2v) is 6.46. The average molecular weight is 331 g/mol. The fourth-order valence-electron chi connectivity index (χ4n) is 3.41. The first kappa shape index (κ1) is 13.3. The Morgan fingerprint density at radius 1 is 1.21 bits per heavy atom. The number of nitrogens with zero attached hydrogens (tertiary/aromatic N) is 1. The largest absolute Gasteiger partial charge is 0.379 e. The predicted octanol–water partition coefficient (Wildman–Crippen LogP) is 3.76. The fraction of sp³-hybridized carbons (Fsp3) is 0.571. The highest BCUT2D eigenvalue weighted by Gasteiger charge is 2.38. The van der Waals surface area contributed by atoms with Gasteiger partial charge in [-0.1, -0.05) is 0 Å². The van der Waals surface area contributed by atoms with Gasteiger partial charge in [0.25, 0.3) is 0 Å². The minimum absolute atomic E-state index is 0.268. The Balaban J connectivity index is 1.76. The van der Waals surface area contributed by atoms with Crippen molar-refractivity contribution in [3.8, 4) is 0 Å².